The minimum atomic E-state index is -2.85. The van der Waals surface area contributed by atoms with E-state index in [4.69, 9.17) is 0 Å². The summed E-state index contributed by atoms with van der Waals surface area (Å²) >= 11 is 0. The average molecular weight is 259 g/mol. The third kappa shape index (κ3) is 4.77. The molecule has 6 heteroatoms. The van der Waals surface area contributed by atoms with Crippen LogP contribution in [-0.4, -0.2) is 36.2 Å². The van der Waals surface area contributed by atoms with Gasteiger partial charge in [-0.1, -0.05) is 6.92 Å². The van der Waals surface area contributed by atoms with Crippen molar-refractivity contribution in [2.24, 2.45) is 0 Å². The topological polar surface area (TPSA) is 64.0 Å². The van der Waals surface area contributed by atoms with Gasteiger partial charge in [0.15, 0.2) is 0 Å². The molecule has 0 fully saturated rings. The minimum absolute atomic E-state index is 0.217. The zero-order valence-corrected chi connectivity index (χ0v) is 11.5. The number of hydrogen-bond donors (Lipinski definition) is 1. The maximum absolute atomic E-state index is 11.3. The molecule has 5 nitrogen and oxygen atoms in total. The Bertz CT molecular complexity index is 437. The summed E-state index contributed by atoms with van der Waals surface area (Å²) < 4.78 is 24.4. The van der Waals surface area contributed by atoms with Gasteiger partial charge in [0.05, 0.1) is 5.75 Å². The molecule has 0 bridgehead atoms. The summed E-state index contributed by atoms with van der Waals surface area (Å²) in [5.41, 5.74) is 0. The standard InChI is InChI=1S/C11H21N3O2S/c1-4-17(15,16)9-5-7-12-11-6-8-14(13-11)10(2)3/h6,8,10H,4-5,7,9H2,1-3H3,(H,12,13). The lowest BCUT2D eigenvalue weighted by Crippen LogP contribution is -2.13. The number of hydrogen-bond acceptors (Lipinski definition) is 4. The van der Waals surface area contributed by atoms with Gasteiger partial charge >= 0.3 is 0 Å². The van der Waals surface area contributed by atoms with Crippen LogP contribution in [0.1, 0.15) is 33.2 Å². The Morgan fingerprint density at radius 2 is 2.18 bits per heavy atom. The largest absolute Gasteiger partial charge is 0.369 e. The van der Waals surface area contributed by atoms with Gasteiger partial charge in [0.1, 0.15) is 15.7 Å². The molecule has 0 aliphatic carbocycles. The van der Waals surface area contributed by atoms with Crippen molar-refractivity contribution in [3.05, 3.63) is 12.3 Å². The molecule has 1 aromatic heterocycles. The number of aromatic nitrogens is 2. The summed E-state index contributed by atoms with van der Waals surface area (Å²) in [7, 11) is -2.85. The van der Waals surface area contributed by atoms with Crippen LogP contribution in [0.15, 0.2) is 12.3 Å². The molecule has 17 heavy (non-hydrogen) atoms. The number of anilines is 1. The lowest BCUT2D eigenvalue weighted by Gasteiger charge is -2.05. The predicted molar refractivity (Wildman–Crippen MR) is 70.0 cm³/mol. The summed E-state index contributed by atoms with van der Waals surface area (Å²) in [6, 6.07) is 2.24. The van der Waals surface area contributed by atoms with Crippen LogP contribution in [0.3, 0.4) is 0 Å². The molecule has 0 aromatic carbocycles. The molecule has 1 N–H and O–H groups in total. The molecule has 0 amide bonds. The molecule has 1 heterocycles. The van der Waals surface area contributed by atoms with Gasteiger partial charge in [-0.15, -0.1) is 0 Å². The van der Waals surface area contributed by atoms with Crippen LogP contribution in [0.25, 0.3) is 0 Å². The van der Waals surface area contributed by atoms with E-state index in [0.717, 1.165) is 5.82 Å². The first kappa shape index (κ1) is 14.0. The van der Waals surface area contributed by atoms with Crippen molar-refractivity contribution in [3.63, 3.8) is 0 Å². The zero-order chi connectivity index (χ0) is 12.9. The summed E-state index contributed by atoms with van der Waals surface area (Å²) in [6.45, 7) is 6.43. The Morgan fingerprint density at radius 3 is 2.71 bits per heavy atom. The molecule has 1 aromatic rings. The maximum atomic E-state index is 11.3. The van der Waals surface area contributed by atoms with Crippen LogP contribution in [0.4, 0.5) is 5.82 Å². The van der Waals surface area contributed by atoms with Crippen molar-refractivity contribution in [1.82, 2.24) is 9.78 Å². The highest BCUT2D eigenvalue weighted by Crippen LogP contribution is 2.08. The quantitative estimate of drug-likeness (QED) is 0.757. The second-order valence-electron chi connectivity index (χ2n) is 4.29. The highest BCUT2D eigenvalue weighted by Gasteiger charge is 2.06. The van der Waals surface area contributed by atoms with E-state index >= 15 is 0 Å². The van der Waals surface area contributed by atoms with E-state index in [1.807, 2.05) is 16.9 Å². The average Bonchev–Trinajstić information content (AvgIpc) is 2.73. The van der Waals surface area contributed by atoms with Gasteiger partial charge in [-0.2, -0.15) is 5.10 Å². The van der Waals surface area contributed by atoms with Gasteiger partial charge in [0, 0.05) is 30.6 Å². The summed E-state index contributed by atoms with van der Waals surface area (Å²) in [5, 5.41) is 7.44. The Hall–Kier alpha value is -1.04. The van der Waals surface area contributed by atoms with Crippen molar-refractivity contribution in [1.29, 1.82) is 0 Å². The van der Waals surface area contributed by atoms with Gasteiger partial charge in [0.2, 0.25) is 0 Å². The molecular formula is C11H21N3O2S. The third-order valence-electron chi connectivity index (χ3n) is 2.52. The lowest BCUT2D eigenvalue weighted by atomic mass is 10.4. The van der Waals surface area contributed by atoms with Crippen LogP contribution in [0.5, 0.6) is 0 Å². The molecule has 0 radical (unpaired) electrons. The summed E-state index contributed by atoms with van der Waals surface area (Å²) in [6.07, 6.45) is 2.53. The van der Waals surface area contributed by atoms with Crippen LogP contribution in [0.2, 0.25) is 0 Å². The summed E-state index contributed by atoms with van der Waals surface area (Å²) in [4.78, 5) is 0. The van der Waals surface area contributed by atoms with E-state index in [1.165, 1.54) is 0 Å². The molecule has 0 spiro atoms. The van der Waals surface area contributed by atoms with Gasteiger partial charge < -0.3 is 5.32 Å². The van der Waals surface area contributed by atoms with E-state index in [9.17, 15) is 8.42 Å². The van der Waals surface area contributed by atoms with Crippen molar-refractivity contribution in [2.75, 3.05) is 23.4 Å². The highest BCUT2D eigenvalue weighted by molar-refractivity contribution is 7.91. The summed E-state index contributed by atoms with van der Waals surface area (Å²) in [5.74, 6) is 1.25. The first-order valence-corrected chi connectivity index (χ1v) is 7.76. The van der Waals surface area contributed by atoms with Crippen molar-refractivity contribution >= 4 is 15.7 Å². The van der Waals surface area contributed by atoms with Gasteiger partial charge in [0.25, 0.3) is 0 Å². The molecular weight excluding hydrogens is 238 g/mol. The lowest BCUT2D eigenvalue weighted by molar-refractivity contribution is 0.534. The molecule has 0 saturated heterocycles. The highest BCUT2D eigenvalue weighted by atomic mass is 32.2. The Morgan fingerprint density at radius 1 is 1.47 bits per heavy atom. The van der Waals surface area contributed by atoms with Crippen LogP contribution in [0, 0.1) is 0 Å². The molecule has 0 aliphatic rings. The van der Waals surface area contributed by atoms with Gasteiger partial charge in [-0.3, -0.25) is 4.68 Å². The van der Waals surface area contributed by atoms with Crippen molar-refractivity contribution < 1.29 is 8.42 Å². The maximum Gasteiger partial charge on any atom is 0.150 e. The molecule has 0 saturated carbocycles. The smallest absolute Gasteiger partial charge is 0.150 e. The SMILES string of the molecule is CCS(=O)(=O)CCCNc1ccn(C(C)C)n1. The molecule has 0 aliphatic heterocycles. The Labute approximate surface area is 103 Å². The van der Waals surface area contributed by atoms with Gasteiger partial charge in [-0.05, 0) is 20.3 Å². The van der Waals surface area contributed by atoms with Crippen LogP contribution >= 0.6 is 0 Å². The fraction of sp³-hybridized carbons (Fsp3) is 0.727. The zero-order valence-electron chi connectivity index (χ0n) is 10.7. The molecule has 1 rings (SSSR count). The Balaban J connectivity index is 2.31. The number of sulfone groups is 1. The molecule has 98 valence electrons. The Kier molecular flexibility index (Phi) is 4.99. The second kappa shape index (κ2) is 6.05. The van der Waals surface area contributed by atoms with Crippen LogP contribution < -0.4 is 5.32 Å². The number of rotatable bonds is 7. The van der Waals surface area contributed by atoms with Crippen molar-refractivity contribution in [2.45, 2.75) is 33.2 Å². The van der Waals surface area contributed by atoms with Crippen LogP contribution in [-0.2, 0) is 9.84 Å². The van der Waals surface area contributed by atoms with E-state index in [-0.39, 0.29) is 11.5 Å². The van der Waals surface area contributed by atoms with E-state index in [2.05, 4.69) is 24.3 Å². The normalized spacial score (nSPS) is 12.0. The second-order valence-corrected chi connectivity index (χ2v) is 6.76. The monoisotopic (exact) mass is 259 g/mol. The third-order valence-corrected chi connectivity index (χ3v) is 4.31. The molecule has 0 unspecified atom stereocenters. The van der Waals surface area contributed by atoms with E-state index < -0.39 is 9.84 Å². The van der Waals surface area contributed by atoms with Gasteiger partial charge in [-0.25, -0.2) is 8.42 Å². The van der Waals surface area contributed by atoms with Crippen molar-refractivity contribution in [3.8, 4) is 0 Å². The molecule has 0 atom stereocenters. The minimum Gasteiger partial charge on any atom is -0.369 e. The first-order valence-electron chi connectivity index (χ1n) is 5.94. The fourth-order valence-corrected chi connectivity index (χ4v) is 2.25. The van der Waals surface area contributed by atoms with E-state index in [0.29, 0.717) is 19.0 Å². The first-order chi connectivity index (χ1) is 7.94. The fourth-order valence-electron chi connectivity index (χ4n) is 1.37. The number of nitrogens with zero attached hydrogens (tertiary/aromatic N) is 2. The van der Waals surface area contributed by atoms with E-state index in [1.54, 1.807) is 6.92 Å². The number of nitrogens with one attached hydrogen (secondary N) is 1. The predicted octanol–water partition coefficient (Wildman–Crippen LogP) is 1.70.